The van der Waals surface area contributed by atoms with Crippen molar-refractivity contribution in [2.75, 3.05) is 12.4 Å². The Kier molecular flexibility index (Phi) is 8.22. The van der Waals surface area contributed by atoms with Crippen LogP contribution in [0.2, 0.25) is 0 Å². The minimum Gasteiger partial charge on any atom is -0.463 e. The van der Waals surface area contributed by atoms with E-state index in [1.165, 1.54) is 11.8 Å². The maximum atomic E-state index is 13.2. The predicted octanol–water partition coefficient (Wildman–Crippen LogP) is 5.11. The van der Waals surface area contributed by atoms with Crippen molar-refractivity contribution in [3.8, 4) is 12.1 Å². The fourth-order valence-electron chi connectivity index (χ4n) is 3.94. The van der Waals surface area contributed by atoms with Crippen molar-refractivity contribution in [1.29, 1.82) is 10.5 Å². The summed E-state index contributed by atoms with van der Waals surface area (Å²) in [5.41, 5.74) is 10.5. The number of nitrogens with two attached hydrogens (primary N) is 1. The van der Waals surface area contributed by atoms with E-state index < -0.39 is 11.9 Å². The van der Waals surface area contributed by atoms with Crippen LogP contribution in [0.1, 0.15) is 60.6 Å². The first-order chi connectivity index (χ1) is 16.7. The Morgan fingerprint density at radius 3 is 2.49 bits per heavy atom. The molecule has 0 fully saturated rings. The third-order valence-corrected chi connectivity index (χ3v) is 6.67. The van der Waals surface area contributed by atoms with Crippen molar-refractivity contribution >= 4 is 17.7 Å². The molecule has 0 saturated heterocycles. The van der Waals surface area contributed by atoms with Gasteiger partial charge in [0.25, 0.3) is 0 Å². The standard InChI is InChI=1S/C27H28N4O3S/c1-6-33-27(32)24-22(14-35-26-20(12-28)16(4)11-17(5)31-26)34-25(30)21(13-29)23(24)19-9-7-18(8-10-19)15(2)3/h7-11,15,23H,6,14,30H2,1-5H3. The van der Waals surface area contributed by atoms with Gasteiger partial charge in [-0.3, -0.25) is 0 Å². The zero-order valence-electron chi connectivity index (χ0n) is 20.5. The van der Waals surface area contributed by atoms with E-state index in [2.05, 4.69) is 31.0 Å². The Hall–Kier alpha value is -3.75. The number of allylic oxidation sites excluding steroid dienone is 1. The predicted molar refractivity (Wildman–Crippen MR) is 134 cm³/mol. The molecule has 1 atom stereocenters. The summed E-state index contributed by atoms with van der Waals surface area (Å²) in [6.07, 6.45) is 0. The van der Waals surface area contributed by atoms with E-state index >= 15 is 0 Å². The molecule has 1 unspecified atom stereocenters. The van der Waals surface area contributed by atoms with E-state index in [0.717, 1.165) is 22.4 Å². The zero-order chi connectivity index (χ0) is 25.7. The van der Waals surface area contributed by atoms with Gasteiger partial charge in [-0.15, -0.1) is 0 Å². The van der Waals surface area contributed by atoms with E-state index in [9.17, 15) is 15.3 Å². The number of aryl methyl sites for hydroxylation is 2. The van der Waals surface area contributed by atoms with Crippen LogP contribution in [0.15, 0.2) is 58.1 Å². The lowest BCUT2D eigenvalue weighted by Crippen LogP contribution is -2.27. The quantitative estimate of drug-likeness (QED) is 0.421. The van der Waals surface area contributed by atoms with Gasteiger partial charge >= 0.3 is 5.97 Å². The van der Waals surface area contributed by atoms with E-state index in [1.807, 2.05) is 44.2 Å². The molecule has 8 heteroatoms. The number of thioether (sulfide) groups is 1. The highest BCUT2D eigenvalue weighted by atomic mass is 32.2. The third-order valence-electron chi connectivity index (χ3n) is 5.69. The van der Waals surface area contributed by atoms with E-state index in [1.54, 1.807) is 6.92 Å². The second-order valence-corrected chi connectivity index (χ2v) is 9.43. The number of benzene rings is 1. The molecular formula is C27H28N4O3S. The van der Waals surface area contributed by atoms with Crippen LogP contribution in [0.4, 0.5) is 0 Å². The average Bonchev–Trinajstić information content (AvgIpc) is 2.82. The highest BCUT2D eigenvalue weighted by Gasteiger charge is 2.37. The number of rotatable bonds is 7. The van der Waals surface area contributed by atoms with Crippen LogP contribution in [0, 0.1) is 36.5 Å². The summed E-state index contributed by atoms with van der Waals surface area (Å²) in [6.45, 7) is 9.79. The summed E-state index contributed by atoms with van der Waals surface area (Å²) in [7, 11) is 0. The minimum atomic E-state index is -0.729. The van der Waals surface area contributed by atoms with E-state index in [4.69, 9.17) is 15.2 Å². The lowest BCUT2D eigenvalue weighted by atomic mass is 9.82. The van der Waals surface area contributed by atoms with Gasteiger partial charge in [0.15, 0.2) is 0 Å². The summed E-state index contributed by atoms with van der Waals surface area (Å²) in [6, 6.07) is 13.9. The van der Waals surface area contributed by atoms with Gasteiger partial charge in [0.05, 0.1) is 29.4 Å². The molecule has 2 heterocycles. The van der Waals surface area contributed by atoms with E-state index in [-0.39, 0.29) is 35.1 Å². The second-order valence-electron chi connectivity index (χ2n) is 8.46. The molecule has 1 aliphatic heterocycles. The molecule has 0 amide bonds. The molecule has 2 aromatic rings. The number of carbonyl (C=O) groups excluding carboxylic acids is 1. The number of hydrogen-bond donors (Lipinski definition) is 1. The van der Waals surface area contributed by atoms with Crippen molar-refractivity contribution in [1.82, 2.24) is 4.98 Å². The lowest BCUT2D eigenvalue weighted by molar-refractivity contribution is -0.139. The third kappa shape index (κ3) is 5.50. The molecule has 1 aliphatic rings. The normalized spacial score (nSPS) is 15.5. The molecule has 1 aromatic carbocycles. The van der Waals surface area contributed by atoms with Crippen molar-refractivity contribution < 1.29 is 14.3 Å². The first kappa shape index (κ1) is 25.9. The first-order valence-corrected chi connectivity index (χ1v) is 12.3. The van der Waals surface area contributed by atoms with Crippen molar-refractivity contribution in [2.45, 2.75) is 51.5 Å². The number of nitriles is 2. The number of hydrogen-bond acceptors (Lipinski definition) is 8. The summed E-state index contributed by atoms with van der Waals surface area (Å²) in [5.74, 6) is -0.557. The van der Waals surface area contributed by atoms with Gasteiger partial charge in [0.1, 0.15) is 28.5 Å². The number of pyridine rings is 1. The first-order valence-electron chi connectivity index (χ1n) is 11.3. The van der Waals surface area contributed by atoms with Crippen molar-refractivity contribution in [3.63, 3.8) is 0 Å². The lowest BCUT2D eigenvalue weighted by Gasteiger charge is -2.28. The number of esters is 1. The Morgan fingerprint density at radius 1 is 1.23 bits per heavy atom. The molecule has 0 spiro atoms. The fraction of sp³-hybridized carbons (Fsp3) is 0.333. The van der Waals surface area contributed by atoms with Gasteiger partial charge in [-0.25, -0.2) is 9.78 Å². The largest absolute Gasteiger partial charge is 0.463 e. The number of nitrogens with zero attached hydrogens (tertiary/aromatic N) is 3. The van der Waals surface area contributed by atoms with Crippen LogP contribution in [0.25, 0.3) is 0 Å². The maximum absolute atomic E-state index is 13.2. The van der Waals surface area contributed by atoms with Gasteiger partial charge < -0.3 is 15.2 Å². The molecule has 7 nitrogen and oxygen atoms in total. The molecule has 3 rings (SSSR count). The molecule has 2 N–H and O–H groups in total. The highest BCUT2D eigenvalue weighted by Crippen LogP contribution is 2.41. The van der Waals surface area contributed by atoms with Crippen LogP contribution < -0.4 is 5.73 Å². The van der Waals surface area contributed by atoms with Gasteiger partial charge in [-0.2, -0.15) is 10.5 Å². The molecule has 180 valence electrons. The van der Waals surface area contributed by atoms with Crippen molar-refractivity contribution in [2.24, 2.45) is 5.73 Å². The van der Waals surface area contributed by atoms with Crippen LogP contribution in [0.3, 0.4) is 0 Å². The molecule has 0 saturated carbocycles. The van der Waals surface area contributed by atoms with Crippen LogP contribution in [-0.4, -0.2) is 23.3 Å². The summed E-state index contributed by atoms with van der Waals surface area (Å²) >= 11 is 1.27. The van der Waals surface area contributed by atoms with Crippen LogP contribution in [0.5, 0.6) is 0 Å². The molecule has 0 aliphatic carbocycles. The van der Waals surface area contributed by atoms with E-state index in [0.29, 0.717) is 16.5 Å². The summed E-state index contributed by atoms with van der Waals surface area (Å²) in [4.78, 5) is 17.7. The Bertz CT molecular complexity index is 1280. The second kappa shape index (κ2) is 11.1. The van der Waals surface area contributed by atoms with Crippen molar-refractivity contribution in [3.05, 3.63) is 81.1 Å². The monoisotopic (exact) mass is 488 g/mol. The average molecular weight is 489 g/mol. The maximum Gasteiger partial charge on any atom is 0.338 e. The number of aromatic nitrogens is 1. The smallest absolute Gasteiger partial charge is 0.338 e. The number of ether oxygens (including phenoxy) is 2. The summed E-state index contributed by atoms with van der Waals surface area (Å²) < 4.78 is 11.2. The Morgan fingerprint density at radius 2 is 1.91 bits per heavy atom. The zero-order valence-corrected chi connectivity index (χ0v) is 21.3. The van der Waals surface area contributed by atoms with Crippen LogP contribution >= 0.6 is 11.8 Å². The fourth-order valence-corrected chi connectivity index (χ4v) is 4.98. The topological polar surface area (TPSA) is 122 Å². The minimum absolute atomic E-state index is 0.0528. The van der Waals surface area contributed by atoms with Gasteiger partial charge in [0.2, 0.25) is 5.88 Å². The SMILES string of the molecule is CCOC(=O)C1=C(CSc2nc(C)cc(C)c2C#N)OC(N)=C(C#N)C1c1ccc(C(C)C)cc1. The molecule has 0 radical (unpaired) electrons. The van der Waals surface area contributed by atoms with Gasteiger partial charge in [0, 0.05) is 5.69 Å². The van der Waals surface area contributed by atoms with Gasteiger partial charge in [-0.05, 0) is 49.4 Å². The van der Waals surface area contributed by atoms with Gasteiger partial charge in [-0.1, -0.05) is 49.9 Å². The molecule has 1 aromatic heterocycles. The molecule has 0 bridgehead atoms. The highest BCUT2D eigenvalue weighted by molar-refractivity contribution is 7.99. The molecule has 35 heavy (non-hydrogen) atoms. The Labute approximate surface area is 210 Å². The van der Waals surface area contributed by atoms with Crippen LogP contribution in [-0.2, 0) is 14.3 Å². The number of carbonyl (C=O) groups is 1. The Balaban J connectivity index is 2.11. The summed E-state index contributed by atoms with van der Waals surface area (Å²) in [5, 5.41) is 20.0. The molecular weight excluding hydrogens is 460 g/mol.